The number of aliphatic hydroxyl groups excluding tert-OH is 1. The van der Waals surface area contributed by atoms with Gasteiger partial charge >= 0.3 is 0 Å². The van der Waals surface area contributed by atoms with Gasteiger partial charge in [0.1, 0.15) is 6.10 Å². The van der Waals surface area contributed by atoms with Crippen LogP contribution in [0.4, 0.5) is 0 Å². The highest BCUT2D eigenvalue weighted by molar-refractivity contribution is 5.81. The Morgan fingerprint density at radius 3 is 2.62 bits per heavy atom. The summed E-state index contributed by atoms with van der Waals surface area (Å²) < 4.78 is 5.51. The summed E-state index contributed by atoms with van der Waals surface area (Å²) in [5.74, 6) is -0.0460. The highest BCUT2D eigenvalue weighted by Gasteiger charge is 2.31. The summed E-state index contributed by atoms with van der Waals surface area (Å²) in [5.41, 5.74) is 0. The van der Waals surface area contributed by atoms with Crippen LogP contribution in [0.5, 0.6) is 0 Å². The quantitative estimate of drug-likeness (QED) is 0.739. The van der Waals surface area contributed by atoms with E-state index in [0.717, 1.165) is 38.5 Å². The van der Waals surface area contributed by atoms with E-state index in [-0.39, 0.29) is 30.3 Å². The minimum Gasteiger partial charge on any atom is -0.391 e. The Bertz CT molecular complexity index is 257. The van der Waals surface area contributed by atoms with E-state index in [4.69, 9.17) is 4.74 Å². The summed E-state index contributed by atoms with van der Waals surface area (Å²) in [6.07, 6.45) is 5.09. The maximum atomic E-state index is 11.9. The third-order valence-electron chi connectivity index (χ3n) is 3.58. The molecule has 0 bridgehead atoms. The van der Waals surface area contributed by atoms with Crippen LogP contribution in [0.3, 0.4) is 0 Å². The van der Waals surface area contributed by atoms with E-state index >= 15 is 0 Å². The van der Waals surface area contributed by atoms with Gasteiger partial charge in [0.05, 0.1) is 18.2 Å². The van der Waals surface area contributed by atoms with Gasteiger partial charge in [0, 0.05) is 0 Å². The molecule has 2 aliphatic rings. The maximum absolute atomic E-state index is 11.9. The van der Waals surface area contributed by atoms with Crippen LogP contribution >= 0.6 is 0 Å². The van der Waals surface area contributed by atoms with Gasteiger partial charge in [0.25, 0.3) is 0 Å². The second-order valence-corrected chi connectivity index (χ2v) is 4.98. The third kappa shape index (κ3) is 2.74. The van der Waals surface area contributed by atoms with Gasteiger partial charge < -0.3 is 15.2 Å². The number of ether oxygens (including phenoxy) is 1. The lowest BCUT2D eigenvalue weighted by Gasteiger charge is -2.29. The van der Waals surface area contributed by atoms with Gasteiger partial charge in [-0.2, -0.15) is 0 Å². The lowest BCUT2D eigenvalue weighted by atomic mass is 9.92. The lowest BCUT2D eigenvalue weighted by molar-refractivity contribution is -0.133. The zero-order valence-electron chi connectivity index (χ0n) is 9.82. The molecular weight excluding hydrogens is 206 g/mol. The molecule has 2 unspecified atom stereocenters. The van der Waals surface area contributed by atoms with E-state index in [1.807, 2.05) is 6.92 Å². The second-order valence-electron chi connectivity index (χ2n) is 4.98. The third-order valence-corrected chi connectivity index (χ3v) is 3.58. The number of hydrogen-bond donors (Lipinski definition) is 2. The first-order chi connectivity index (χ1) is 7.66. The summed E-state index contributed by atoms with van der Waals surface area (Å²) in [5, 5.41) is 12.7. The predicted octanol–water partition coefficient (Wildman–Crippen LogP) is 0.974. The van der Waals surface area contributed by atoms with Crippen molar-refractivity contribution in [2.24, 2.45) is 0 Å². The number of nitrogens with one attached hydrogen (secondary N) is 1. The van der Waals surface area contributed by atoms with E-state index in [2.05, 4.69) is 5.32 Å². The standard InChI is InChI=1S/C12H21NO3/c1-8-6-7-11(16-8)12(15)13-9-4-2-3-5-10(9)14/h8-11,14H,2-7H2,1H3,(H,13,15)/t8?,9-,10-,11?/m0/s1. The van der Waals surface area contributed by atoms with Crippen LogP contribution in [0.1, 0.15) is 45.4 Å². The van der Waals surface area contributed by atoms with Gasteiger partial charge in [0.2, 0.25) is 5.91 Å². The molecule has 0 aromatic carbocycles. The Labute approximate surface area is 96.4 Å². The van der Waals surface area contributed by atoms with E-state index in [1.165, 1.54) is 0 Å². The van der Waals surface area contributed by atoms with Crippen molar-refractivity contribution in [3.05, 3.63) is 0 Å². The first-order valence-corrected chi connectivity index (χ1v) is 6.30. The van der Waals surface area contributed by atoms with E-state index in [9.17, 15) is 9.90 Å². The highest BCUT2D eigenvalue weighted by Crippen LogP contribution is 2.21. The zero-order chi connectivity index (χ0) is 11.5. The fourth-order valence-corrected chi connectivity index (χ4v) is 2.55. The van der Waals surface area contributed by atoms with Gasteiger partial charge in [0.15, 0.2) is 0 Å². The zero-order valence-corrected chi connectivity index (χ0v) is 9.82. The van der Waals surface area contributed by atoms with Crippen LogP contribution in [0.2, 0.25) is 0 Å². The first kappa shape index (κ1) is 11.9. The minimum absolute atomic E-state index is 0.0460. The minimum atomic E-state index is -0.378. The average molecular weight is 227 g/mol. The number of carbonyl (C=O) groups is 1. The molecule has 92 valence electrons. The van der Waals surface area contributed by atoms with Crippen LogP contribution in [0.25, 0.3) is 0 Å². The molecule has 1 aliphatic carbocycles. The highest BCUT2D eigenvalue weighted by atomic mass is 16.5. The number of carbonyl (C=O) groups excluding carboxylic acids is 1. The monoisotopic (exact) mass is 227 g/mol. The van der Waals surface area contributed by atoms with Crippen molar-refractivity contribution in [1.82, 2.24) is 5.32 Å². The summed E-state index contributed by atoms with van der Waals surface area (Å²) in [4.78, 5) is 11.9. The molecule has 1 heterocycles. The van der Waals surface area contributed by atoms with Crippen molar-refractivity contribution in [3.63, 3.8) is 0 Å². The van der Waals surface area contributed by atoms with Crippen LogP contribution in [-0.2, 0) is 9.53 Å². The number of rotatable bonds is 2. The number of aliphatic hydroxyl groups is 1. The Balaban J connectivity index is 1.82. The first-order valence-electron chi connectivity index (χ1n) is 6.30. The fourth-order valence-electron chi connectivity index (χ4n) is 2.55. The Morgan fingerprint density at radius 1 is 1.25 bits per heavy atom. The molecule has 0 aromatic rings. The molecular formula is C12H21NO3. The van der Waals surface area contributed by atoms with Crippen molar-refractivity contribution < 1.29 is 14.6 Å². The molecule has 2 N–H and O–H groups in total. The van der Waals surface area contributed by atoms with Crippen LogP contribution in [0, 0.1) is 0 Å². The molecule has 1 amide bonds. The van der Waals surface area contributed by atoms with Gasteiger partial charge in [-0.3, -0.25) is 4.79 Å². The van der Waals surface area contributed by atoms with E-state index < -0.39 is 0 Å². The van der Waals surface area contributed by atoms with Crippen LogP contribution in [0.15, 0.2) is 0 Å². The molecule has 0 aromatic heterocycles. The van der Waals surface area contributed by atoms with Gasteiger partial charge in [-0.05, 0) is 32.6 Å². The Morgan fingerprint density at radius 2 is 2.00 bits per heavy atom. The van der Waals surface area contributed by atoms with Crippen molar-refractivity contribution in [1.29, 1.82) is 0 Å². The Kier molecular flexibility index (Phi) is 3.82. The molecule has 1 saturated carbocycles. The lowest BCUT2D eigenvalue weighted by Crippen LogP contribution is -2.48. The van der Waals surface area contributed by atoms with Crippen molar-refractivity contribution in [3.8, 4) is 0 Å². The summed E-state index contributed by atoms with van der Waals surface area (Å²) >= 11 is 0. The number of hydrogen-bond acceptors (Lipinski definition) is 3. The fraction of sp³-hybridized carbons (Fsp3) is 0.917. The maximum Gasteiger partial charge on any atom is 0.249 e. The second kappa shape index (κ2) is 5.15. The Hall–Kier alpha value is -0.610. The smallest absolute Gasteiger partial charge is 0.249 e. The predicted molar refractivity (Wildman–Crippen MR) is 60.0 cm³/mol. The largest absolute Gasteiger partial charge is 0.391 e. The van der Waals surface area contributed by atoms with Crippen LogP contribution < -0.4 is 5.32 Å². The molecule has 4 atom stereocenters. The molecule has 16 heavy (non-hydrogen) atoms. The molecule has 1 saturated heterocycles. The van der Waals surface area contributed by atoms with Crippen molar-refractivity contribution in [2.45, 2.75) is 69.8 Å². The van der Waals surface area contributed by atoms with E-state index in [0.29, 0.717) is 0 Å². The molecule has 2 rings (SSSR count). The van der Waals surface area contributed by atoms with E-state index in [1.54, 1.807) is 0 Å². The summed E-state index contributed by atoms with van der Waals surface area (Å²) in [6.45, 7) is 1.99. The van der Waals surface area contributed by atoms with Crippen molar-refractivity contribution >= 4 is 5.91 Å². The molecule has 4 heteroatoms. The molecule has 2 fully saturated rings. The molecule has 4 nitrogen and oxygen atoms in total. The number of amides is 1. The normalized spacial score (nSPS) is 39.6. The SMILES string of the molecule is CC1CCC(C(=O)N[C@H]2CCCC[C@@H]2O)O1. The van der Waals surface area contributed by atoms with Gasteiger partial charge in [-0.15, -0.1) is 0 Å². The van der Waals surface area contributed by atoms with Crippen molar-refractivity contribution in [2.75, 3.05) is 0 Å². The molecule has 1 aliphatic heterocycles. The molecule has 0 radical (unpaired) electrons. The van der Waals surface area contributed by atoms with Gasteiger partial charge in [-0.25, -0.2) is 0 Å². The summed E-state index contributed by atoms with van der Waals surface area (Å²) in [7, 11) is 0. The average Bonchev–Trinajstić information content (AvgIpc) is 2.68. The van der Waals surface area contributed by atoms with Gasteiger partial charge in [-0.1, -0.05) is 12.8 Å². The topological polar surface area (TPSA) is 58.6 Å². The van der Waals surface area contributed by atoms with Crippen LogP contribution in [-0.4, -0.2) is 35.4 Å². The molecule has 0 spiro atoms. The summed E-state index contributed by atoms with van der Waals surface area (Å²) in [6, 6.07) is -0.0687.